The van der Waals surface area contributed by atoms with E-state index in [4.69, 9.17) is 4.74 Å². The molecule has 0 aliphatic carbocycles. The predicted molar refractivity (Wildman–Crippen MR) is 87.8 cm³/mol. The summed E-state index contributed by atoms with van der Waals surface area (Å²) in [5.74, 6) is 0.756. The number of hydrogen-bond donors (Lipinski definition) is 1. The van der Waals surface area contributed by atoms with Gasteiger partial charge in [0, 0.05) is 9.85 Å². The number of amides is 1. The van der Waals surface area contributed by atoms with Crippen LogP contribution < -0.4 is 10.1 Å². The van der Waals surface area contributed by atoms with E-state index in [0.29, 0.717) is 19.6 Å². The number of carbonyl (C=O) groups excluding carboxylic acids is 1. The Morgan fingerprint density at radius 2 is 2.33 bits per heavy atom. The molecule has 1 heterocycles. The zero-order valence-corrected chi connectivity index (χ0v) is 14.2. The fourth-order valence-electron chi connectivity index (χ4n) is 1.74. The van der Waals surface area contributed by atoms with Crippen molar-refractivity contribution in [2.24, 2.45) is 0 Å². The van der Waals surface area contributed by atoms with Crippen LogP contribution in [0, 0.1) is 0 Å². The van der Waals surface area contributed by atoms with Crippen LogP contribution in [0.1, 0.15) is 17.6 Å². The highest BCUT2D eigenvalue weighted by molar-refractivity contribution is 9.10. The summed E-state index contributed by atoms with van der Waals surface area (Å²) in [6, 6.07) is 7.62. The van der Waals surface area contributed by atoms with Crippen LogP contribution in [0.3, 0.4) is 0 Å². The van der Waals surface area contributed by atoms with E-state index in [1.165, 1.54) is 0 Å². The van der Waals surface area contributed by atoms with E-state index >= 15 is 0 Å². The number of ether oxygens (including phenoxy) is 1. The van der Waals surface area contributed by atoms with Crippen molar-refractivity contribution in [2.45, 2.75) is 19.8 Å². The minimum atomic E-state index is -0.0270. The quantitative estimate of drug-likeness (QED) is 0.763. The summed E-state index contributed by atoms with van der Waals surface area (Å²) in [5.41, 5.74) is 0.835. The van der Waals surface area contributed by atoms with Crippen molar-refractivity contribution in [1.29, 1.82) is 0 Å². The van der Waals surface area contributed by atoms with Crippen LogP contribution in [0.5, 0.6) is 5.75 Å². The van der Waals surface area contributed by atoms with Crippen molar-refractivity contribution in [3.63, 3.8) is 0 Å². The Morgan fingerprint density at radius 3 is 3.05 bits per heavy atom. The molecule has 1 N–H and O–H groups in total. The number of rotatable bonds is 7. The third-order valence-electron chi connectivity index (χ3n) is 2.73. The number of aryl methyl sites for hydroxylation is 1. The largest absolute Gasteiger partial charge is 0.492 e. The van der Waals surface area contributed by atoms with Gasteiger partial charge in [-0.15, -0.1) is 11.3 Å². The number of halogens is 1. The molecular formula is C15H17BrN2O2S. The van der Waals surface area contributed by atoms with E-state index in [1.54, 1.807) is 11.3 Å². The Hall–Kier alpha value is -1.40. The molecule has 0 spiro atoms. The first-order valence-corrected chi connectivity index (χ1v) is 8.43. The van der Waals surface area contributed by atoms with E-state index < -0.39 is 0 Å². The fraction of sp³-hybridized carbons (Fsp3) is 0.333. The van der Waals surface area contributed by atoms with Crippen molar-refractivity contribution in [3.8, 4) is 5.75 Å². The highest BCUT2D eigenvalue weighted by atomic mass is 79.9. The monoisotopic (exact) mass is 368 g/mol. The maximum atomic E-state index is 11.8. The lowest BCUT2D eigenvalue weighted by Gasteiger charge is -2.07. The molecule has 1 aromatic heterocycles. The molecule has 0 saturated carbocycles. The van der Waals surface area contributed by atoms with Gasteiger partial charge in [0.15, 0.2) is 0 Å². The molecule has 21 heavy (non-hydrogen) atoms. The Morgan fingerprint density at radius 1 is 1.48 bits per heavy atom. The van der Waals surface area contributed by atoms with E-state index in [2.05, 4.69) is 33.2 Å². The van der Waals surface area contributed by atoms with Gasteiger partial charge in [0.1, 0.15) is 12.4 Å². The van der Waals surface area contributed by atoms with Gasteiger partial charge in [0.2, 0.25) is 5.91 Å². The lowest BCUT2D eigenvalue weighted by atomic mass is 10.3. The first-order chi connectivity index (χ1) is 10.2. The molecule has 4 nitrogen and oxygen atoms in total. The number of carbonyl (C=O) groups is 1. The number of hydrogen-bond acceptors (Lipinski definition) is 4. The summed E-state index contributed by atoms with van der Waals surface area (Å²) in [6.45, 7) is 2.98. The van der Waals surface area contributed by atoms with Crippen molar-refractivity contribution >= 4 is 33.2 Å². The standard InChI is InChI=1S/C15H17BrN2O2S/c1-2-15-18-12(10-21-15)9-14(19)17-6-7-20-13-5-3-4-11(16)8-13/h3-5,8,10H,2,6-7,9H2,1H3,(H,17,19). The van der Waals surface area contributed by atoms with Crippen LogP contribution in [0.4, 0.5) is 0 Å². The number of benzene rings is 1. The Kier molecular flexibility index (Phi) is 6.20. The van der Waals surface area contributed by atoms with Crippen LogP contribution in [0.15, 0.2) is 34.1 Å². The first-order valence-electron chi connectivity index (χ1n) is 6.75. The number of nitrogens with zero attached hydrogens (tertiary/aromatic N) is 1. The molecule has 0 aliphatic rings. The summed E-state index contributed by atoms with van der Waals surface area (Å²) in [4.78, 5) is 16.1. The Bertz CT molecular complexity index is 601. The Labute approximate surface area is 136 Å². The average Bonchev–Trinajstić information content (AvgIpc) is 2.91. The van der Waals surface area contributed by atoms with E-state index in [9.17, 15) is 4.79 Å². The predicted octanol–water partition coefficient (Wildman–Crippen LogP) is 3.21. The second-order valence-corrected chi connectivity index (χ2v) is 6.28. The second kappa shape index (κ2) is 8.14. The highest BCUT2D eigenvalue weighted by Gasteiger charge is 2.06. The molecular weight excluding hydrogens is 352 g/mol. The zero-order valence-electron chi connectivity index (χ0n) is 11.8. The number of aromatic nitrogens is 1. The molecule has 0 radical (unpaired) electrons. The summed E-state index contributed by atoms with van der Waals surface area (Å²) in [7, 11) is 0. The maximum absolute atomic E-state index is 11.8. The summed E-state index contributed by atoms with van der Waals surface area (Å²) in [6.07, 6.45) is 1.24. The van der Waals surface area contributed by atoms with Gasteiger partial charge in [0.25, 0.3) is 0 Å². The van der Waals surface area contributed by atoms with Gasteiger partial charge < -0.3 is 10.1 Å². The summed E-state index contributed by atoms with van der Waals surface area (Å²) < 4.78 is 6.52. The van der Waals surface area contributed by atoms with Crippen molar-refractivity contribution < 1.29 is 9.53 Å². The molecule has 0 bridgehead atoms. The molecule has 6 heteroatoms. The molecule has 0 aliphatic heterocycles. The van der Waals surface area contributed by atoms with Crippen LogP contribution in [-0.4, -0.2) is 24.0 Å². The van der Waals surface area contributed by atoms with Crippen LogP contribution >= 0.6 is 27.3 Å². The highest BCUT2D eigenvalue weighted by Crippen LogP contribution is 2.17. The maximum Gasteiger partial charge on any atom is 0.226 e. The van der Waals surface area contributed by atoms with E-state index in [0.717, 1.165) is 27.3 Å². The van der Waals surface area contributed by atoms with Crippen molar-refractivity contribution in [3.05, 3.63) is 44.8 Å². The third-order valence-corrected chi connectivity index (χ3v) is 4.27. The normalized spacial score (nSPS) is 10.4. The third kappa shape index (κ3) is 5.47. The second-order valence-electron chi connectivity index (χ2n) is 4.42. The first kappa shape index (κ1) is 16.0. The SMILES string of the molecule is CCc1nc(CC(=O)NCCOc2cccc(Br)c2)cs1. The zero-order chi connectivity index (χ0) is 15.1. The molecule has 0 fully saturated rings. The molecule has 1 amide bonds. The number of thiazole rings is 1. The van der Waals surface area contributed by atoms with Crippen LogP contribution in [0.2, 0.25) is 0 Å². The number of nitrogens with one attached hydrogen (secondary N) is 1. The van der Waals surface area contributed by atoms with Crippen LogP contribution in [0.25, 0.3) is 0 Å². The molecule has 112 valence electrons. The van der Waals surface area contributed by atoms with Gasteiger partial charge in [-0.05, 0) is 24.6 Å². The van der Waals surface area contributed by atoms with Crippen LogP contribution in [-0.2, 0) is 17.6 Å². The molecule has 2 aromatic rings. The summed E-state index contributed by atoms with van der Waals surface area (Å²) >= 11 is 4.98. The topological polar surface area (TPSA) is 51.2 Å². The lowest BCUT2D eigenvalue weighted by Crippen LogP contribution is -2.29. The smallest absolute Gasteiger partial charge is 0.226 e. The summed E-state index contributed by atoms with van der Waals surface area (Å²) in [5, 5.41) is 5.84. The van der Waals surface area contributed by atoms with Gasteiger partial charge in [0.05, 0.1) is 23.7 Å². The van der Waals surface area contributed by atoms with Crippen molar-refractivity contribution in [1.82, 2.24) is 10.3 Å². The minimum Gasteiger partial charge on any atom is -0.492 e. The van der Waals surface area contributed by atoms with E-state index in [1.807, 2.05) is 29.6 Å². The van der Waals surface area contributed by atoms with E-state index in [-0.39, 0.29) is 5.91 Å². The lowest BCUT2D eigenvalue weighted by molar-refractivity contribution is -0.120. The molecule has 0 atom stereocenters. The molecule has 0 saturated heterocycles. The van der Waals surface area contributed by atoms with Gasteiger partial charge in [-0.3, -0.25) is 4.79 Å². The average molecular weight is 369 g/mol. The van der Waals surface area contributed by atoms with Gasteiger partial charge in [-0.1, -0.05) is 28.9 Å². The van der Waals surface area contributed by atoms with Gasteiger partial charge in [-0.2, -0.15) is 0 Å². The Balaban J connectivity index is 1.67. The molecule has 0 unspecified atom stereocenters. The van der Waals surface area contributed by atoms with Crippen molar-refractivity contribution in [2.75, 3.05) is 13.2 Å². The van der Waals surface area contributed by atoms with Gasteiger partial charge >= 0.3 is 0 Å². The minimum absolute atomic E-state index is 0.0270. The fourth-order valence-corrected chi connectivity index (χ4v) is 2.86. The molecule has 2 rings (SSSR count). The van der Waals surface area contributed by atoms with Gasteiger partial charge in [-0.25, -0.2) is 4.98 Å². The molecule has 1 aromatic carbocycles.